The summed E-state index contributed by atoms with van der Waals surface area (Å²) in [7, 11) is 0. The number of hydrogen-bond donors (Lipinski definition) is 1. The van der Waals surface area contributed by atoms with Crippen molar-refractivity contribution in [1.29, 1.82) is 0 Å². The minimum absolute atomic E-state index is 0.0353. The molecule has 1 aromatic carbocycles. The molecule has 0 aliphatic carbocycles. The summed E-state index contributed by atoms with van der Waals surface area (Å²) in [5, 5.41) is 9.65. The van der Waals surface area contributed by atoms with Crippen LogP contribution >= 0.6 is 12.2 Å². The Labute approximate surface area is 106 Å². The molecule has 0 amide bonds. The summed E-state index contributed by atoms with van der Waals surface area (Å²) in [6.07, 6.45) is 0.447. The molecule has 0 spiro atoms. The molecule has 0 saturated carbocycles. The van der Waals surface area contributed by atoms with E-state index in [2.05, 4.69) is 0 Å². The van der Waals surface area contributed by atoms with Gasteiger partial charge < -0.3 is 14.6 Å². The fourth-order valence-corrected chi connectivity index (χ4v) is 2.24. The highest BCUT2D eigenvalue weighted by molar-refractivity contribution is 7.80. The molecule has 2 rings (SSSR count). The highest BCUT2D eigenvalue weighted by Crippen LogP contribution is 2.23. The number of benzene rings is 1. The Morgan fingerprint density at radius 2 is 2.18 bits per heavy atom. The molecule has 0 aromatic heterocycles. The lowest BCUT2D eigenvalue weighted by atomic mass is 10.1. The molecule has 1 heterocycles. The standard InChI is InChI=1S/C13H16O3S/c1-9-7-11(12(8-14)15-9)16-13(17)10-5-3-2-4-6-10/h2-6,9,11-12,14H,7-8H2,1H3/t9-,11?,12+/m0/s1. The predicted octanol–water partition coefficient (Wildman–Crippen LogP) is 1.92. The topological polar surface area (TPSA) is 38.7 Å². The smallest absolute Gasteiger partial charge is 0.191 e. The van der Waals surface area contributed by atoms with Crippen LogP contribution in [0, 0.1) is 0 Å². The third-order valence-electron chi connectivity index (χ3n) is 2.83. The number of ether oxygens (including phenoxy) is 2. The molecule has 3 atom stereocenters. The van der Waals surface area contributed by atoms with Crippen molar-refractivity contribution in [3.8, 4) is 0 Å². The van der Waals surface area contributed by atoms with Crippen molar-refractivity contribution in [2.45, 2.75) is 31.7 Å². The number of hydrogen-bond acceptors (Lipinski definition) is 4. The van der Waals surface area contributed by atoms with Crippen LogP contribution in [0.15, 0.2) is 30.3 Å². The van der Waals surface area contributed by atoms with Gasteiger partial charge in [0.25, 0.3) is 0 Å². The Hall–Kier alpha value is -0.970. The van der Waals surface area contributed by atoms with Crippen molar-refractivity contribution in [2.24, 2.45) is 0 Å². The highest BCUT2D eigenvalue weighted by Gasteiger charge is 2.34. The van der Waals surface area contributed by atoms with Crippen LogP contribution in [0.4, 0.5) is 0 Å². The third kappa shape index (κ3) is 3.03. The average Bonchev–Trinajstić information content (AvgIpc) is 2.70. The molecule has 1 aliphatic rings. The van der Waals surface area contributed by atoms with Crippen LogP contribution in [0.3, 0.4) is 0 Å². The molecule has 1 aromatic rings. The fraction of sp³-hybridized carbons (Fsp3) is 0.462. The molecule has 0 radical (unpaired) electrons. The summed E-state index contributed by atoms with van der Waals surface area (Å²) in [4.78, 5) is 0. The molecule has 3 nitrogen and oxygen atoms in total. The first-order chi connectivity index (χ1) is 8.20. The molecule has 1 fully saturated rings. The Morgan fingerprint density at radius 3 is 2.82 bits per heavy atom. The Morgan fingerprint density at radius 1 is 1.47 bits per heavy atom. The first-order valence-electron chi connectivity index (χ1n) is 5.73. The molecule has 0 bridgehead atoms. The lowest BCUT2D eigenvalue weighted by Gasteiger charge is -2.18. The van der Waals surface area contributed by atoms with Gasteiger partial charge in [0.2, 0.25) is 0 Å². The first kappa shape index (κ1) is 12.5. The van der Waals surface area contributed by atoms with Gasteiger partial charge in [-0.05, 0) is 19.1 Å². The van der Waals surface area contributed by atoms with Crippen LogP contribution in [0.1, 0.15) is 18.9 Å². The third-order valence-corrected chi connectivity index (χ3v) is 3.17. The maximum atomic E-state index is 9.19. The average molecular weight is 252 g/mol. The molecule has 17 heavy (non-hydrogen) atoms. The van der Waals surface area contributed by atoms with E-state index in [0.29, 0.717) is 5.05 Å². The summed E-state index contributed by atoms with van der Waals surface area (Å²) in [5.41, 5.74) is 0.888. The zero-order valence-corrected chi connectivity index (χ0v) is 10.5. The predicted molar refractivity (Wildman–Crippen MR) is 69.1 cm³/mol. The van der Waals surface area contributed by atoms with Gasteiger partial charge in [0.15, 0.2) is 5.05 Å². The van der Waals surface area contributed by atoms with Crippen molar-refractivity contribution < 1.29 is 14.6 Å². The zero-order valence-electron chi connectivity index (χ0n) is 9.70. The van der Waals surface area contributed by atoms with E-state index in [0.717, 1.165) is 12.0 Å². The minimum atomic E-state index is -0.272. The Bertz CT molecular complexity index is 380. The minimum Gasteiger partial charge on any atom is -0.477 e. The van der Waals surface area contributed by atoms with Crippen molar-refractivity contribution in [2.75, 3.05) is 6.61 Å². The summed E-state index contributed by atoms with van der Waals surface area (Å²) in [6.45, 7) is 1.93. The molecule has 1 aliphatic heterocycles. The van der Waals surface area contributed by atoms with Crippen LogP contribution in [-0.2, 0) is 9.47 Å². The van der Waals surface area contributed by atoms with Crippen LogP contribution < -0.4 is 0 Å². The van der Waals surface area contributed by atoms with Gasteiger partial charge in [-0.3, -0.25) is 0 Å². The van der Waals surface area contributed by atoms with Gasteiger partial charge >= 0.3 is 0 Å². The van der Waals surface area contributed by atoms with Crippen molar-refractivity contribution in [3.05, 3.63) is 35.9 Å². The second-order valence-corrected chi connectivity index (χ2v) is 4.58. The molecule has 92 valence electrons. The van der Waals surface area contributed by atoms with Gasteiger partial charge in [0.05, 0.1) is 12.7 Å². The van der Waals surface area contributed by atoms with Gasteiger partial charge in [-0.25, -0.2) is 0 Å². The number of aliphatic hydroxyl groups excluding tert-OH is 1. The van der Waals surface area contributed by atoms with E-state index in [4.69, 9.17) is 21.7 Å². The Balaban J connectivity index is 1.99. The van der Waals surface area contributed by atoms with E-state index >= 15 is 0 Å². The summed E-state index contributed by atoms with van der Waals surface area (Å²) in [5.74, 6) is 0. The van der Waals surface area contributed by atoms with Gasteiger partial charge in [-0.1, -0.05) is 30.3 Å². The second-order valence-electron chi connectivity index (χ2n) is 4.21. The highest BCUT2D eigenvalue weighted by atomic mass is 32.1. The van der Waals surface area contributed by atoms with Crippen molar-refractivity contribution in [3.63, 3.8) is 0 Å². The van der Waals surface area contributed by atoms with Crippen molar-refractivity contribution >= 4 is 17.3 Å². The SMILES string of the molecule is C[C@H]1CC(OC(=S)c2ccccc2)[C@@H](CO)O1. The second kappa shape index (κ2) is 5.58. The molecular formula is C13H16O3S. The normalized spacial score (nSPS) is 28.0. The number of thiocarbonyl (C=S) groups is 1. The van der Waals surface area contributed by atoms with E-state index in [1.54, 1.807) is 0 Å². The van der Waals surface area contributed by atoms with Crippen LogP contribution in [0.25, 0.3) is 0 Å². The molecular weight excluding hydrogens is 236 g/mol. The van der Waals surface area contributed by atoms with E-state index in [9.17, 15) is 5.11 Å². The maximum absolute atomic E-state index is 9.19. The quantitative estimate of drug-likeness (QED) is 0.834. The lowest BCUT2D eigenvalue weighted by molar-refractivity contribution is -0.0126. The number of aliphatic hydroxyl groups is 1. The molecule has 1 saturated heterocycles. The largest absolute Gasteiger partial charge is 0.477 e. The van der Waals surface area contributed by atoms with E-state index in [1.807, 2.05) is 37.3 Å². The summed E-state index contributed by atoms with van der Waals surface area (Å²) in [6, 6.07) is 9.60. The number of rotatable bonds is 3. The van der Waals surface area contributed by atoms with Gasteiger partial charge in [0.1, 0.15) is 12.2 Å². The first-order valence-corrected chi connectivity index (χ1v) is 6.14. The van der Waals surface area contributed by atoms with E-state index in [1.165, 1.54) is 0 Å². The van der Waals surface area contributed by atoms with Crippen LogP contribution in [0.2, 0.25) is 0 Å². The summed E-state index contributed by atoms with van der Waals surface area (Å²) < 4.78 is 11.2. The zero-order chi connectivity index (χ0) is 12.3. The molecule has 4 heteroatoms. The van der Waals surface area contributed by atoms with Gasteiger partial charge in [0, 0.05) is 12.0 Å². The lowest BCUT2D eigenvalue weighted by Crippen LogP contribution is -2.29. The molecule has 1 unspecified atom stereocenters. The van der Waals surface area contributed by atoms with E-state index < -0.39 is 0 Å². The van der Waals surface area contributed by atoms with Gasteiger partial charge in [-0.15, -0.1) is 0 Å². The maximum Gasteiger partial charge on any atom is 0.191 e. The van der Waals surface area contributed by atoms with Crippen molar-refractivity contribution in [1.82, 2.24) is 0 Å². The Kier molecular flexibility index (Phi) is 4.10. The van der Waals surface area contributed by atoms with Gasteiger partial charge in [-0.2, -0.15) is 0 Å². The van der Waals surface area contributed by atoms with Crippen LogP contribution in [0.5, 0.6) is 0 Å². The monoisotopic (exact) mass is 252 g/mol. The van der Waals surface area contributed by atoms with Crippen LogP contribution in [-0.4, -0.2) is 35.1 Å². The fourth-order valence-electron chi connectivity index (χ4n) is 1.98. The van der Waals surface area contributed by atoms with E-state index in [-0.39, 0.29) is 24.9 Å². The summed E-state index contributed by atoms with van der Waals surface area (Å²) >= 11 is 5.24. The molecule has 1 N–H and O–H groups in total.